The highest BCUT2D eigenvalue weighted by molar-refractivity contribution is 7.16. The van der Waals surface area contributed by atoms with Crippen LogP contribution in [-0.2, 0) is 0 Å². The molecule has 0 N–H and O–H groups in total. The van der Waals surface area contributed by atoms with Crippen molar-refractivity contribution in [3.05, 3.63) is 46.2 Å². The Bertz CT molecular complexity index is 739. The van der Waals surface area contributed by atoms with Crippen LogP contribution in [0.25, 0.3) is 21.6 Å². The minimum atomic E-state index is -0.234. The molecule has 5 heteroatoms. The second kappa shape index (κ2) is 4.30. The molecule has 0 saturated carbocycles. The number of hydrogen-bond donors (Lipinski definition) is 0. The molecule has 0 aliphatic rings. The molecule has 0 aliphatic carbocycles. The van der Waals surface area contributed by atoms with Crippen LogP contribution in [0.4, 0.5) is 4.39 Å². The Morgan fingerprint density at radius 2 is 2.06 bits per heavy atom. The lowest BCUT2D eigenvalue weighted by atomic mass is 10.1. The van der Waals surface area contributed by atoms with Crippen molar-refractivity contribution in [1.82, 2.24) is 9.97 Å². The smallest absolute Gasteiger partial charge is 0.162 e. The van der Waals surface area contributed by atoms with Crippen molar-refractivity contribution in [1.29, 1.82) is 0 Å². The third-order valence-electron chi connectivity index (χ3n) is 2.69. The number of halogens is 2. The van der Waals surface area contributed by atoms with E-state index in [-0.39, 0.29) is 5.82 Å². The van der Waals surface area contributed by atoms with Crippen LogP contribution in [0.3, 0.4) is 0 Å². The molecule has 2 nitrogen and oxygen atoms in total. The zero-order valence-corrected chi connectivity index (χ0v) is 11.0. The van der Waals surface area contributed by atoms with E-state index in [2.05, 4.69) is 9.97 Å². The van der Waals surface area contributed by atoms with Gasteiger partial charge in [0.25, 0.3) is 0 Å². The highest BCUT2D eigenvalue weighted by atomic mass is 35.5. The summed E-state index contributed by atoms with van der Waals surface area (Å²) >= 11 is 7.61. The van der Waals surface area contributed by atoms with Gasteiger partial charge in [0.1, 0.15) is 15.8 Å². The third-order valence-corrected chi connectivity index (χ3v) is 3.79. The zero-order valence-electron chi connectivity index (χ0n) is 9.45. The monoisotopic (exact) mass is 278 g/mol. The lowest BCUT2D eigenvalue weighted by molar-refractivity contribution is 0.618. The normalized spacial score (nSPS) is 11.1. The number of nitrogens with zero attached hydrogens (tertiary/aromatic N) is 2. The predicted octanol–water partition coefficient (Wildman–Crippen LogP) is 4.46. The van der Waals surface area contributed by atoms with Gasteiger partial charge in [-0.15, -0.1) is 11.3 Å². The summed E-state index contributed by atoms with van der Waals surface area (Å²) in [5.74, 6) is 0.292. The molecule has 0 unspecified atom stereocenters. The van der Waals surface area contributed by atoms with E-state index in [4.69, 9.17) is 11.6 Å². The first-order valence-electron chi connectivity index (χ1n) is 5.32. The molecule has 0 radical (unpaired) electrons. The van der Waals surface area contributed by atoms with Crippen molar-refractivity contribution >= 4 is 33.2 Å². The highest BCUT2D eigenvalue weighted by Crippen LogP contribution is 2.28. The second-order valence-electron chi connectivity index (χ2n) is 3.94. The van der Waals surface area contributed by atoms with E-state index in [1.807, 2.05) is 11.4 Å². The van der Waals surface area contributed by atoms with E-state index in [1.165, 1.54) is 17.4 Å². The molecule has 0 bridgehead atoms. The van der Waals surface area contributed by atoms with Gasteiger partial charge in [-0.05, 0) is 42.1 Å². The molecule has 3 aromatic rings. The number of thiophene rings is 1. The van der Waals surface area contributed by atoms with E-state index >= 15 is 0 Å². The molecule has 0 atom stereocenters. The maximum Gasteiger partial charge on any atom is 0.162 e. The molecule has 2 aromatic heterocycles. The fourth-order valence-corrected chi connectivity index (χ4v) is 2.78. The van der Waals surface area contributed by atoms with Gasteiger partial charge in [-0.1, -0.05) is 11.6 Å². The van der Waals surface area contributed by atoms with Crippen LogP contribution < -0.4 is 0 Å². The Morgan fingerprint density at radius 1 is 1.22 bits per heavy atom. The average Bonchev–Trinajstić information content (AvgIpc) is 2.81. The van der Waals surface area contributed by atoms with Gasteiger partial charge in [-0.3, -0.25) is 0 Å². The summed E-state index contributed by atoms with van der Waals surface area (Å²) in [6.45, 7) is 1.71. The fourth-order valence-electron chi connectivity index (χ4n) is 1.73. The highest BCUT2D eigenvalue weighted by Gasteiger charge is 2.09. The fraction of sp³-hybridized carbons (Fsp3) is 0.0769. The molecule has 0 saturated heterocycles. The van der Waals surface area contributed by atoms with Gasteiger partial charge in [0, 0.05) is 10.9 Å². The minimum Gasteiger partial charge on any atom is -0.217 e. The van der Waals surface area contributed by atoms with Crippen LogP contribution in [0.2, 0.25) is 5.15 Å². The molecule has 1 aromatic carbocycles. The number of rotatable bonds is 1. The summed E-state index contributed by atoms with van der Waals surface area (Å²) < 4.78 is 13.2. The van der Waals surface area contributed by atoms with Crippen molar-refractivity contribution in [3.63, 3.8) is 0 Å². The molecular formula is C13H8ClFN2S. The number of aromatic nitrogens is 2. The van der Waals surface area contributed by atoms with Crippen molar-refractivity contribution in [2.75, 3.05) is 0 Å². The number of fused-ring (bicyclic) bond motifs is 1. The molecule has 0 spiro atoms. The molecule has 90 valence electrons. The van der Waals surface area contributed by atoms with Gasteiger partial charge in [0.2, 0.25) is 0 Å². The van der Waals surface area contributed by atoms with Crippen molar-refractivity contribution in [2.24, 2.45) is 0 Å². The number of aryl methyl sites for hydroxylation is 1. The number of benzene rings is 1. The maximum atomic E-state index is 13.2. The van der Waals surface area contributed by atoms with Gasteiger partial charge in [-0.2, -0.15) is 0 Å². The van der Waals surface area contributed by atoms with E-state index in [0.29, 0.717) is 16.5 Å². The predicted molar refractivity (Wildman–Crippen MR) is 72.6 cm³/mol. The van der Waals surface area contributed by atoms with E-state index in [0.717, 1.165) is 15.8 Å². The molecular weight excluding hydrogens is 271 g/mol. The van der Waals surface area contributed by atoms with Crippen LogP contribution in [0.5, 0.6) is 0 Å². The van der Waals surface area contributed by atoms with E-state index in [9.17, 15) is 4.39 Å². The first-order chi connectivity index (χ1) is 8.65. The molecule has 0 fully saturated rings. The standard InChI is InChI=1S/C13H8ClFN2S/c1-7-6-8(2-3-10(7)15)12-16-11(14)9-4-5-18-13(9)17-12/h2-6H,1H3. The third kappa shape index (κ3) is 1.87. The topological polar surface area (TPSA) is 25.8 Å². The maximum absolute atomic E-state index is 13.2. The molecule has 0 amide bonds. The van der Waals surface area contributed by atoms with E-state index < -0.39 is 0 Å². The van der Waals surface area contributed by atoms with Gasteiger partial charge in [0.15, 0.2) is 5.82 Å². The van der Waals surface area contributed by atoms with Crippen LogP contribution in [-0.4, -0.2) is 9.97 Å². The second-order valence-corrected chi connectivity index (χ2v) is 5.19. The van der Waals surface area contributed by atoms with Gasteiger partial charge >= 0.3 is 0 Å². The first kappa shape index (κ1) is 11.6. The minimum absolute atomic E-state index is 0.234. The number of hydrogen-bond acceptors (Lipinski definition) is 3. The Kier molecular flexibility index (Phi) is 2.76. The van der Waals surface area contributed by atoms with Crippen LogP contribution >= 0.6 is 22.9 Å². The Balaban J connectivity index is 2.21. The van der Waals surface area contributed by atoms with Gasteiger partial charge < -0.3 is 0 Å². The lowest BCUT2D eigenvalue weighted by Gasteiger charge is -2.03. The largest absolute Gasteiger partial charge is 0.217 e. The summed E-state index contributed by atoms with van der Waals surface area (Å²) in [4.78, 5) is 9.53. The van der Waals surface area contributed by atoms with Crippen molar-refractivity contribution in [3.8, 4) is 11.4 Å². The molecule has 18 heavy (non-hydrogen) atoms. The zero-order chi connectivity index (χ0) is 12.7. The first-order valence-corrected chi connectivity index (χ1v) is 6.58. The molecule has 3 rings (SSSR count). The van der Waals surface area contributed by atoms with Gasteiger partial charge in [0.05, 0.1) is 0 Å². The van der Waals surface area contributed by atoms with Gasteiger partial charge in [-0.25, -0.2) is 14.4 Å². The summed E-state index contributed by atoms with van der Waals surface area (Å²) in [6.07, 6.45) is 0. The van der Waals surface area contributed by atoms with Crippen molar-refractivity contribution in [2.45, 2.75) is 6.92 Å². The quantitative estimate of drug-likeness (QED) is 0.614. The molecule has 2 heterocycles. The van der Waals surface area contributed by atoms with Crippen LogP contribution in [0.1, 0.15) is 5.56 Å². The SMILES string of the molecule is Cc1cc(-c2nc(Cl)c3ccsc3n2)ccc1F. The van der Waals surface area contributed by atoms with Crippen LogP contribution in [0, 0.1) is 12.7 Å². The van der Waals surface area contributed by atoms with Crippen LogP contribution in [0.15, 0.2) is 29.6 Å². The Hall–Kier alpha value is -1.52. The average molecular weight is 279 g/mol. The summed E-state index contributed by atoms with van der Waals surface area (Å²) in [5, 5.41) is 3.20. The Labute approximate surface area is 112 Å². The van der Waals surface area contributed by atoms with Crippen molar-refractivity contribution < 1.29 is 4.39 Å². The molecule has 0 aliphatic heterocycles. The van der Waals surface area contributed by atoms with E-state index in [1.54, 1.807) is 19.1 Å². The summed E-state index contributed by atoms with van der Waals surface area (Å²) in [7, 11) is 0. The summed E-state index contributed by atoms with van der Waals surface area (Å²) in [5.41, 5.74) is 1.34. The lowest BCUT2D eigenvalue weighted by Crippen LogP contribution is -1.91. The summed E-state index contributed by atoms with van der Waals surface area (Å²) in [6, 6.07) is 6.69. The Morgan fingerprint density at radius 3 is 2.83 bits per heavy atom.